The van der Waals surface area contributed by atoms with Crippen molar-refractivity contribution in [3.8, 4) is 22.9 Å². The Kier molecular flexibility index (Phi) is 8.37. The van der Waals surface area contributed by atoms with Crippen LogP contribution < -0.4 is 15.0 Å². The molecule has 4 rings (SSSR count). The number of hydrogen-bond donors (Lipinski definition) is 1. The molecule has 1 aliphatic rings. The van der Waals surface area contributed by atoms with Gasteiger partial charge in [0.1, 0.15) is 23.2 Å². The summed E-state index contributed by atoms with van der Waals surface area (Å²) in [5.74, 6) is 1.90. The zero-order valence-electron chi connectivity index (χ0n) is 22.9. The molecule has 0 unspecified atom stereocenters. The Labute approximate surface area is 224 Å². The van der Waals surface area contributed by atoms with Crippen LogP contribution in [0.4, 0.5) is 10.6 Å². The predicted molar refractivity (Wildman–Crippen MR) is 146 cm³/mol. The van der Waals surface area contributed by atoms with E-state index in [-0.39, 0.29) is 6.09 Å². The third-order valence-electron chi connectivity index (χ3n) is 6.64. The number of ether oxygens (including phenoxy) is 2. The maximum Gasteiger partial charge on any atom is 0.407 e. The molecule has 0 radical (unpaired) electrons. The van der Waals surface area contributed by atoms with Crippen LogP contribution >= 0.6 is 0 Å². The Hall–Kier alpha value is -3.84. The number of piperidine rings is 1. The summed E-state index contributed by atoms with van der Waals surface area (Å²) in [4.78, 5) is 21.6. The Morgan fingerprint density at radius 1 is 1.26 bits per heavy atom. The van der Waals surface area contributed by atoms with Crippen molar-refractivity contribution in [1.29, 1.82) is 5.26 Å². The van der Waals surface area contributed by atoms with Crippen molar-refractivity contribution in [2.24, 2.45) is 5.92 Å². The molecule has 0 saturated carbocycles. The van der Waals surface area contributed by atoms with Crippen LogP contribution in [0.1, 0.15) is 39.2 Å². The van der Waals surface area contributed by atoms with Gasteiger partial charge >= 0.3 is 6.09 Å². The van der Waals surface area contributed by atoms with Crippen LogP contribution in [0.3, 0.4) is 0 Å². The van der Waals surface area contributed by atoms with Gasteiger partial charge in [-0.15, -0.1) is 0 Å². The number of rotatable bonds is 9. The SMILES string of the molecule is CCOc1cc(-c2ccc(N3CCC(CN(C)C)(OC(=O)NCC(C)C)CC3)nc2)c2c(C#N)cnn2c1. The minimum atomic E-state index is -0.540. The smallest absolute Gasteiger partial charge is 0.407 e. The molecule has 3 aromatic heterocycles. The van der Waals surface area contributed by atoms with Crippen molar-refractivity contribution in [3.63, 3.8) is 0 Å². The Bertz CT molecular complexity index is 1290. The normalized spacial score (nSPS) is 15.1. The van der Waals surface area contributed by atoms with E-state index in [4.69, 9.17) is 14.5 Å². The molecule has 202 valence electrons. The highest BCUT2D eigenvalue weighted by Gasteiger charge is 2.39. The lowest BCUT2D eigenvalue weighted by Crippen LogP contribution is -2.53. The van der Waals surface area contributed by atoms with Crippen LogP contribution in [-0.4, -0.2) is 78.1 Å². The first kappa shape index (κ1) is 27.2. The fourth-order valence-electron chi connectivity index (χ4n) is 4.91. The molecular weight excluding hydrogens is 482 g/mol. The molecule has 1 fully saturated rings. The summed E-state index contributed by atoms with van der Waals surface area (Å²) >= 11 is 0. The van der Waals surface area contributed by atoms with Crippen LogP contribution in [-0.2, 0) is 4.74 Å². The van der Waals surface area contributed by atoms with Crippen LogP contribution in [0.15, 0.2) is 36.8 Å². The molecule has 0 aromatic carbocycles. The number of nitrogens with zero attached hydrogens (tertiary/aromatic N) is 6. The lowest BCUT2D eigenvalue weighted by Gasteiger charge is -2.42. The van der Waals surface area contributed by atoms with Crippen molar-refractivity contribution in [1.82, 2.24) is 24.8 Å². The average Bonchev–Trinajstić information content (AvgIpc) is 3.30. The predicted octanol–water partition coefficient (Wildman–Crippen LogP) is 3.95. The molecular formula is C28H37N7O3. The van der Waals surface area contributed by atoms with Crippen molar-refractivity contribution < 1.29 is 14.3 Å². The number of fused-ring (bicyclic) bond motifs is 1. The van der Waals surface area contributed by atoms with Gasteiger partial charge < -0.3 is 24.6 Å². The highest BCUT2D eigenvalue weighted by atomic mass is 16.6. The van der Waals surface area contributed by atoms with Crippen LogP contribution in [0.25, 0.3) is 16.6 Å². The number of carbonyl (C=O) groups excluding carboxylic acids is 1. The average molecular weight is 520 g/mol. The number of aromatic nitrogens is 3. The molecule has 0 bridgehead atoms. The van der Waals surface area contributed by atoms with E-state index in [0.29, 0.717) is 49.8 Å². The minimum absolute atomic E-state index is 0.353. The monoisotopic (exact) mass is 519 g/mol. The Balaban J connectivity index is 1.51. The largest absolute Gasteiger partial charge is 0.492 e. The minimum Gasteiger partial charge on any atom is -0.492 e. The van der Waals surface area contributed by atoms with E-state index in [1.807, 2.05) is 45.4 Å². The number of hydrogen-bond acceptors (Lipinski definition) is 8. The molecule has 1 N–H and O–H groups in total. The number of likely N-dealkylation sites (N-methyl/N-ethyl adjacent to an activating group) is 1. The van der Waals surface area contributed by atoms with Gasteiger partial charge in [-0.05, 0) is 45.1 Å². The number of nitrogens with one attached hydrogen (secondary N) is 1. The number of alkyl carbamates (subject to hydrolysis) is 1. The van der Waals surface area contributed by atoms with E-state index < -0.39 is 5.60 Å². The topological polar surface area (TPSA) is 108 Å². The second kappa shape index (κ2) is 11.7. The lowest BCUT2D eigenvalue weighted by molar-refractivity contribution is -0.0239. The molecule has 38 heavy (non-hydrogen) atoms. The maximum atomic E-state index is 12.5. The van der Waals surface area contributed by atoms with Gasteiger partial charge in [-0.25, -0.2) is 14.3 Å². The molecule has 1 aliphatic heterocycles. The molecule has 10 heteroatoms. The van der Waals surface area contributed by atoms with E-state index >= 15 is 0 Å². The number of nitriles is 1. The van der Waals surface area contributed by atoms with Gasteiger partial charge in [0.25, 0.3) is 0 Å². The van der Waals surface area contributed by atoms with Crippen LogP contribution in [0, 0.1) is 17.2 Å². The molecule has 1 saturated heterocycles. The third-order valence-corrected chi connectivity index (χ3v) is 6.64. The molecule has 3 aromatic rings. The Morgan fingerprint density at radius 2 is 2.03 bits per heavy atom. The van der Waals surface area contributed by atoms with E-state index in [0.717, 1.165) is 35.6 Å². The summed E-state index contributed by atoms with van der Waals surface area (Å²) in [5.41, 5.74) is 2.40. The zero-order valence-corrected chi connectivity index (χ0v) is 22.9. The lowest BCUT2D eigenvalue weighted by atomic mass is 9.90. The summed E-state index contributed by atoms with van der Waals surface area (Å²) < 4.78 is 13.4. The van der Waals surface area contributed by atoms with Gasteiger partial charge in [-0.1, -0.05) is 13.8 Å². The van der Waals surface area contributed by atoms with Crippen molar-refractivity contribution in [2.75, 3.05) is 51.8 Å². The number of anilines is 1. The molecule has 0 spiro atoms. The van der Waals surface area contributed by atoms with E-state index in [1.165, 1.54) is 0 Å². The third kappa shape index (κ3) is 6.17. The highest BCUT2D eigenvalue weighted by molar-refractivity contribution is 5.85. The zero-order chi connectivity index (χ0) is 27.3. The van der Waals surface area contributed by atoms with Crippen molar-refractivity contribution in [3.05, 3.63) is 42.4 Å². The Morgan fingerprint density at radius 3 is 2.63 bits per heavy atom. The van der Waals surface area contributed by atoms with Gasteiger partial charge in [0.05, 0.1) is 30.1 Å². The summed E-state index contributed by atoms with van der Waals surface area (Å²) in [7, 11) is 4.00. The van der Waals surface area contributed by atoms with Crippen LogP contribution in [0.5, 0.6) is 5.75 Å². The molecule has 0 aliphatic carbocycles. The number of amides is 1. The summed E-state index contributed by atoms with van der Waals surface area (Å²) in [5, 5.41) is 16.8. The molecule has 4 heterocycles. The van der Waals surface area contributed by atoms with Gasteiger partial charge in [0.2, 0.25) is 0 Å². The number of pyridine rings is 2. The summed E-state index contributed by atoms with van der Waals surface area (Å²) in [6, 6.07) is 8.16. The quantitative estimate of drug-likeness (QED) is 0.453. The van der Waals surface area contributed by atoms with Crippen LogP contribution in [0.2, 0.25) is 0 Å². The fraction of sp³-hybridized carbons (Fsp3) is 0.500. The van der Waals surface area contributed by atoms with E-state index in [9.17, 15) is 10.1 Å². The summed E-state index contributed by atoms with van der Waals surface area (Å²) in [6.07, 6.45) is 6.24. The van der Waals surface area contributed by atoms with Crippen molar-refractivity contribution in [2.45, 2.75) is 39.2 Å². The first-order chi connectivity index (χ1) is 18.2. The fourth-order valence-corrected chi connectivity index (χ4v) is 4.91. The van der Waals surface area contributed by atoms with Crippen molar-refractivity contribution >= 4 is 17.4 Å². The molecule has 10 nitrogen and oxygen atoms in total. The van der Waals surface area contributed by atoms with Gasteiger partial charge in [0, 0.05) is 56.3 Å². The molecule has 1 amide bonds. The first-order valence-corrected chi connectivity index (χ1v) is 13.1. The van der Waals surface area contributed by atoms with E-state index in [2.05, 4.69) is 40.1 Å². The van der Waals surface area contributed by atoms with Gasteiger partial charge in [-0.2, -0.15) is 10.4 Å². The second-order valence-electron chi connectivity index (χ2n) is 10.5. The highest BCUT2D eigenvalue weighted by Crippen LogP contribution is 2.33. The van der Waals surface area contributed by atoms with Gasteiger partial charge in [0.15, 0.2) is 0 Å². The molecule has 0 atom stereocenters. The first-order valence-electron chi connectivity index (χ1n) is 13.1. The second-order valence-corrected chi connectivity index (χ2v) is 10.5. The maximum absolute atomic E-state index is 12.5. The summed E-state index contributed by atoms with van der Waals surface area (Å²) in [6.45, 7) is 9.29. The van der Waals surface area contributed by atoms with Gasteiger partial charge in [-0.3, -0.25) is 0 Å². The standard InChI is InChI=1S/C28H37N7O3/c1-6-37-23-13-24(26-22(14-29)17-32-35(26)18-23)21-7-8-25(30-16-21)34-11-9-28(10-12-34,19-33(4)5)38-27(36)31-15-20(2)3/h7-8,13,16-18,20H,6,9-12,15,19H2,1-5H3,(H,31,36). The van der Waals surface area contributed by atoms with E-state index in [1.54, 1.807) is 16.9 Å². The number of carbonyl (C=O) groups is 1.